The van der Waals surface area contributed by atoms with E-state index in [1.54, 1.807) is 11.8 Å². The van der Waals surface area contributed by atoms with Gasteiger partial charge in [0.2, 0.25) is 0 Å². The zero-order chi connectivity index (χ0) is 21.5. The van der Waals surface area contributed by atoms with Crippen molar-refractivity contribution in [1.29, 1.82) is 0 Å². The van der Waals surface area contributed by atoms with Crippen molar-refractivity contribution in [3.05, 3.63) is 63.2 Å². The summed E-state index contributed by atoms with van der Waals surface area (Å²) < 4.78 is 11.1. The van der Waals surface area contributed by atoms with Gasteiger partial charge in [0.25, 0.3) is 5.91 Å². The summed E-state index contributed by atoms with van der Waals surface area (Å²) in [4.78, 5) is 27.7. The van der Waals surface area contributed by atoms with E-state index in [1.165, 1.54) is 11.3 Å². The lowest BCUT2D eigenvalue weighted by Crippen LogP contribution is -2.39. The van der Waals surface area contributed by atoms with Crippen molar-refractivity contribution in [3.63, 3.8) is 0 Å². The number of carbonyl (C=O) groups excluding carboxylic acids is 2. The van der Waals surface area contributed by atoms with Crippen molar-refractivity contribution in [2.24, 2.45) is 0 Å². The molecule has 2 N–H and O–H groups in total. The number of ether oxygens (including phenoxy) is 1. The first-order chi connectivity index (χ1) is 15.0. The lowest BCUT2D eigenvalue weighted by Gasteiger charge is -2.27. The number of halogens is 1. The summed E-state index contributed by atoms with van der Waals surface area (Å²) in [5.74, 6) is 1.09. The number of amides is 2. The van der Waals surface area contributed by atoms with E-state index < -0.39 is 6.17 Å². The molecule has 1 unspecified atom stereocenters. The second-order valence-corrected chi connectivity index (χ2v) is 8.82. The molecular formula is C22H20ClN3O4S. The van der Waals surface area contributed by atoms with Crippen LogP contribution in [0.3, 0.4) is 0 Å². The van der Waals surface area contributed by atoms with E-state index in [-0.39, 0.29) is 12.0 Å². The van der Waals surface area contributed by atoms with E-state index in [9.17, 15) is 9.59 Å². The van der Waals surface area contributed by atoms with Crippen LogP contribution in [0.5, 0.6) is 0 Å². The summed E-state index contributed by atoms with van der Waals surface area (Å²) in [5, 5.41) is 7.75. The van der Waals surface area contributed by atoms with Crippen LogP contribution < -0.4 is 10.6 Å². The topological polar surface area (TPSA) is 83.8 Å². The molecule has 0 saturated carbocycles. The maximum absolute atomic E-state index is 12.9. The first-order valence-corrected chi connectivity index (χ1v) is 11.2. The average molecular weight is 458 g/mol. The first-order valence-electron chi connectivity index (χ1n) is 10.0. The van der Waals surface area contributed by atoms with E-state index >= 15 is 0 Å². The van der Waals surface area contributed by atoms with E-state index in [0.29, 0.717) is 48.2 Å². The van der Waals surface area contributed by atoms with Gasteiger partial charge in [-0.15, -0.1) is 11.3 Å². The van der Waals surface area contributed by atoms with Gasteiger partial charge in [0.15, 0.2) is 6.17 Å². The van der Waals surface area contributed by atoms with Gasteiger partial charge in [-0.05, 0) is 43.2 Å². The third kappa shape index (κ3) is 3.55. The highest BCUT2D eigenvalue weighted by Crippen LogP contribution is 2.41. The Hall–Kier alpha value is -2.97. The molecule has 7 nitrogen and oxygen atoms in total. The Morgan fingerprint density at radius 3 is 2.94 bits per heavy atom. The summed E-state index contributed by atoms with van der Waals surface area (Å²) >= 11 is 7.78. The molecule has 2 aromatic heterocycles. The summed E-state index contributed by atoms with van der Waals surface area (Å²) in [6, 6.07) is 11.1. The Morgan fingerprint density at radius 1 is 1.29 bits per heavy atom. The van der Waals surface area contributed by atoms with Gasteiger partial charge < -0.3 is 24.7 Å². The molecule has 0 radical (unpaired) electrons. The molecule has 0 spiro atoms. The minimum atomic E-state index is -0.488. The molecule has 1 aromatic carbocycles. The molecule has 0 bridgehead atoms. The van der Waals surface area contributed by atoms with Crippen LogP contribution >= 0.6 is 22.9 Å². The number of nitrogens with zero attached hydrogens (tertiary/aromatic N) is 1. The third-order valence-corrected chi connectivity index (χ3v) is 6.89. The van der Waals surface area contributed by atoms with Crippen LogP contribution in [-0.4, -0.2) is 30.1 Å². The highest BCUT2D eigenvalue weighted by atomic mass is 35.5. The number of rotatable bonds is 3. The maximum atomic E-state index is 12.9. The van der Waals surface area contributed by atoms with Crippen molar-refractivity contribution >= 4 is 39.9 Å². The van der Waals surface area contributed by atoms with Gasteiger partial charge in [-0.1, -0.05) is 23.7 Å². The molecule has 0 fully saturated rings. The minimum absolute atomic E-state index is 0.142. The molecule has 2 aliphatic rings. The maximum Gasteiger partial charge on any atom is 0.410 e. The highest BCUT2D eigenvalue weighted by molar-refractivity contribution is 7.16. The van der Waals surface area contributed by atoms with E-state index in [0.717, 1.165) is 21.0 Å². The van der Waals surface area contributed by atoms with Crippen LogP contribution in [0.25, 0.3) is 11.3 Å². The standard InChI is InChI=1S/C22H20ClN3O4S/c1-2-29-22(28)26-10-9-13-17(11-26)31-21-18(13)20(27)24-19(25-21)16-8-7-15(30-16)12-5-3-4-6-14(12)23/h3-8,19,25H,2,9-11H2,1H3,(H,24,27). The Balaban J connectivity index is 1.39. The average Bonchev–Trinajstić information content (AvgIpc) is 3.38. The summed E-state index contributed by atoms with van der Waals surface area (Å²) in [7, 11) is 0. The first kappa shape index (κ1) is 20.0. The third-order valence-electron chi connectivity index (χ3n) is 5.41. The molecule has 4 heterocycles. The van der Waals surface area contributed by atoms with Crippen molar-refractivity contribution < 1.29 is 18.7 Å². The Kier molecular flexibility index (Phi) is 5.11. The number of nitrogens with one attached hydrogen (secondary N) is 2. The smallest absolute Gasteiger partial charge is 0.410 e. The molecule has 2 amide bonds. The lowest BCUT2D eigenvalue weighted by atomic mass is 10.0. The monoisotopic (exact) mass is 457 g/mol. The van der Waals surface area contributed by atoms with Crippen LogP contribution in [0, 0.1) is 0 Å². The number of anilines is 1. The summed E-state index contributed by atoms with van der Waals surface area (Å²) in [6.45, 7) is 3.11. The summed E-state index contributed by atoms with van der Waals surface area (Å²) in [5.41, 5.74) is 2.46. The number of fused-ring (bicyclic) bond motifs is 3. The Labute approximate surface area is 187 Å². The fourth-order valence-corrected chi connectivity index (χ4v) is 5.46. The lowest BCUT2D eigenvalue weighted by molar-refractivity contribution is 0.0929. The van der Waals surface area contributed by atoms with Crippen molar-refractivity contribution in [1.82, 2.24) is 10.2 Å². The molecule has 1 atom stereocenters. The normalized spacial score (nSPS) is 17.4. The molecule has 3 aromatic rings. The largest absolute Gasteiger partial charge is 0.457 e. The fraction of sp³-hybridized carbons (Fsp3) is 0.273. The molecule has 5 rings (SSSR count). The summed E-state index contributed by atoms with van der Waals surface area (Å²) in [6.07, 6.45) is -0.188. The van der Waals surface area contributed by atoms with Gasteiger partial charge in [0.05, 0.1) is 23.7 Å². The van der Waals surface area contributed by atoms with E-state index in [4.69, 9.17) is 20.8 Å². The molecular weight excluding hydrogens is 438 g/mol. The SMILES string of the molecule is CCOC(=O)N1CCc2c(sc3c2C(=O)NC(c2ccc(-c4ccccc4Cl)o2)N3)C1. The molecule has 31 heavy (non-hydrogen) atoms. The molecule has 2 aliphatic heterocycles. The van der Waals surface area contributed by atoms with Crippen LogP contribution in [0.15, 0.2) is 40.8 Å². The minimum Gasteiger partial charge on any atom is -0.457 e. The fourth-order valence-electron chi connectivity index (χ4n) is 3.94. The van der Waals surface area contributed by atoms with Crippen LogP contribution in [-0.2, 0) is 17.7 Å². The predicted molar refractivity (Wildman–Crippen MR) is 118 cm³/mol. The molecule has 9 heteroatoms. The number of furan rings is 1. The Bertz CT molecular complexity index is 1170. The van der Waals surface area contributed by atoms with Gasteiger partial charge >= 0.3 is 6.09 Å². The number of hydrogen-bond donors (Lipinski definition) is 2. The predicted octanol–water partition coefficient (Wildman–Crippen LogP) is 5.03. The van der Waals surface area contributed by atoms with Crippen LogP contribution in [0.2, 0.25) is 5.02 Å². The number of hydrogen-bond acceptors (Lipinski definition) is 6. The second kappa shape index (κ2) is 7.94. The van der Waals surface area contributed by atoms with Gasteiger partial charge in [-0.25, -0.2) is 4.79 Å². The highest BCUT2D eigenvalue weighted by Gasteiger charge is 2.35. The number of thiophene rings is 1. The molecule has 0 aliphatic carbocycles. The van der Waals surface area contributed by atoms with Gasteiger partial charge in [-0.3, -0.25) is 4.79 Å². The molecule has 160 valence electrons. The van der Waals surface area contributed by atoms with Gasteiger partial charge in [0.1, 0.15) is 16.5 Å². The zero-order valence-corrected chi connectivity index (χ0v) is 18.3. The van der Waals surface area contributed by atoms with E-state index in [1.807, 2.05) is 36.4 Å². The van der Waals surface area contributed by atoms with E-state index in [2.05, 4.69) is 10.6 Å². The van der Waals surface area contributed by atoms with Crippen molar-refractivity contribution in [3.8, 4) is 11.3 Å². The van der Waals surface area contributed by atoms with Crippen LogP contribution in [0.4, 0.5) is 9.80 Å². The zero-order valence-electron chi connectivity index (χ0n) is 16.7. The Morgan fingerprint density at radius 2 is 2.13 bits per heavy atom. The van der Waals surface area contributed by atoms with Crippen molar-refractivity contribution in [2.45, 2.75) is 26.1 Å². The van der Waals surface area contributed by atoms with Gasteiger partial charge in [0, 0.05) is 17.0 Å². The van der Waals surface area contributed by atoms with Crippen LogP contribution in [0.1, 0.15) is 39.6 Å². The second-order valence-electron chi connectivity index (χ2n) is 7.31. The quantitative estimate of drug-likeness (QED) is 0.576. The van der Waals surface area contributed by atoms with Crippen molar-refractivity contribution in [2.75, 3.05) is 18.5 Å². The number of benzene rings is 1. The number of carbonyl (C=O) groups is 2. The molecule has 0 saturated heterocycles. The van der Waals surface area contributed by atoms with Gasteiger partial charge in [-0.2, -0.15) is 0 Å².